The van der Waals surface area contributed by atoms with Gasteiger partial charge < -0.3 is 5.32 Å². The minimum absolute atomic E-state index is 0.187. The van der Waals surface area contributed by atoms with Crippen LogP contribution in [0, 0.1) is 12.7 Å². The number of imidazole rings is 1. The monoisotopic (exact) mass is 365 g/mol. The predicted molar refractivity (Wildman–Crippen MR) is 102 cm³/mol. The molecule has 6 heteroatoms. The number of aromatic nitrogens is 2. The van der Waals surface area contributed by atoms with Crippen LogP contribution < -0.4 is 5.32 Å². The van der Waals surface area contributed by atoms with Crippen molar-refractivity contribution in [2.45, 2.75) is 13.3 Å². The van der Waals surface area contributed by atoms with Gasteiger partial charge in [-0.25, -0.2) is 9.37 Å². The molecule has 130 valence electrons. The van der Waals surface area contributed by atoms with E-state index in [4.69, 9.17) is 0 Å². The molecule has 4 nitrogen and oxygen atoms in total. The Kier molecular flexibility index (Phi) is 4.26. The van der Waals surface area contributed by atoms with Crippen LogP contribution in [-0.2, 0) is 11.2 Å². The molecule has 0 spiro atoms. The quantitative estimate of drug-likeness (QED) is 0.570. The van der Waals surface area contributed by atoms with Crippen LogP contribution in [0.25, 0.3) is 16.2 Å². The molecule has 2 aromatic carbocycles. The molecule has 0 radical (unpaired) electrons. The van der Waals surface area contributed by atoms with Gasteiger partial charge in [0.25, 0.3) is 0 Å². The van der Waals surface area contributed by atoms with E-state index in [1.165, 1.54) is 23.5 Å². The number of nitrogens with zero attached hydrogens (tertiary/aromatic N) is 2. The van der Waals surface area contributed by atoms with Gasteiger partial charge in [0.2, 0.25) is 5.91 Å². The molecule has 0 aliphatic rings. The van der Waals surface area contributed by atoms with Crippen LogP contribution in [0.3, 0.4) is 0 Å². The summed E-state index contributed by atoms with van der Waals surface area (Å²) in [5.41, 5.74) is 4.08. The summed E-state index contributed by atoms with van der Waals surface area (Å²) in [6.07, 6.45) is 2.14. The van der Waals surface area contributed by atoms with Crippen molar-refractivity contribution in [2.75, 3.05) is 5.32 Å². The largest absolute Gasteiger partial charge is 0.325 e. The number of carbonyl (C=O) groups excluding carboxylic acids is 1. The predicted octanol–water partition coefficient (Wildman–Crippen LogP) is 4.69. The number of thiazole rings is 1. The second-order valence-electron chi connectivity index (χ2n) is 6.06. The van der Waals surface area contributed by atoms with Gasteiger partial charge in [-0.3, -0.25) is 9.20 Å². The van der Waals surface area contributed by atoms with Gasteiger partial charge in [0.05, 0.1) is 12.1 Å². The van der Waals surface area contributed by atoms with Crippen molar-refractivity contribution in [3.8, 4) is 11.3 Å². The number of aryl methyl sites for hydroxylation is 1. The minimum atomic E-state index is -0.370. The van der Waals surface area contributed by atoms with Gasteiger partial charge in [-0.1, -0.05) is 36.4 Å². The van der Waals surface area contributed by atoms with Crippen LogP contribution >= 0.6 is 11.3 Å². The van der Waals surface area contributed by atoms with E-state index < -0.39 is 0 Å². The molecule has 0 atom stereocenters. The Hall–Kier alpha value is -2.99. The molecule has 0 unspecified atom stereocenters. The van der Waals surface area contributed by atoms with Crippen LogP contribution in [0.5, 0.6) is 0 Å². The summed E-state index contributed by atoms with van der Waals surface area (Å²) < 4.78 is 15.3. The lowest BCUT2D eigenvalue weighted by Crippen LogP contribution is -2.16. The Morgan fingerprint density at radius 1 is 1.23 bits per heavy atom. The van der Waals surface area contributed by atoms with Gasteiger partial charge in [-0.15, -0.1) is 11.3 Å². The molecule has 2 heterocycles. The Bertz CT molecular complexity index is 1090. The van der Waals surface area contributed by atoms with Crippen molar-refractivity contribution in [3.63, 3.8) is 0 Å². The number of hydrogen-bond donors (Lipinski definition) is 1. The van der Waals surface area contributed by atoms with Crippen molar-refractivity contribution < 1.29 is 9.18 Å². The molecular formula is C20H16FN3OS. The maximum atomic E-state index is 13.4. The summed E-state index contributed by atoms with van der Waals surface area (Å²) in [5.74, 6) is -0.556. The van der Waals surface area contributed by atoms with Crippen LogP contribution in [-0.4, -0.2) is 15.3 Å². The number of amides is 1. The van der Waals surface area contributed by atoms with Gasteiger partial charge in [0, 0.05) is 28.5 Å². The van der Waals surface area contributed by atoms with Crippen LogP contribution in [0.15, 0.2) is 60.1 Å². The third kappa shape index (κ3) is 3.23. The van der Waals surface area contributed by atoms with Gasteiger partial charge in [-0.2, -0.15) is 0 Å². The standard InChI is InChI=1S/C20H16FN3OS/c1-13-7-8-15(21)9-17(13)22-19(25)10-16-12-26-20-23-18(11-24(16)20)14-5-3-2-4-6-14/h2-9,11-12H,10H2,1H3,(H,22,25). The van der Waals surface area contributed by atoms with Gasteiger partial charge in [0.1, 0.15) is 5.82 Å². The van der Waals surface area contributed by atoms with Gasteiger partial charge in [0.15, 0.2) is 4.96 Å². The van der Waals surface area contributed by atoms with E-state index in [-0.39, 0.29) is 18.1 Å². The lowest BCUT2D eigenvalue weighted by Gasteiger charge is -2.08. The number of rotatable bonds is 4. The molecule has 0 saturated heterocycles. The maximum absolute atomic E-state index is 13.4. The first-order valence-electron chi connectivity index (χ1n) is 8.17. The first-order chi connectivity index (χ1) is 12.6. The summed E-state index contributed by atoms with van der Waals surface area (Å²) in [6.45, 7) is 1.83. The number of benzene rings is 2. The molecule has 4 aromatic rings. The number of hydrogen-bond acceptors (Lipinski definition) is 3. The Labute approximate surface area is 153 Å². The highest BCUT2D eigenvalue weighted by Crippen LogP contribution is 2.24. The maximum Gasteiger partial charge on any atom is 0.230 e. The smallest absolute Gasteiger partial charge is 0.230 e. The van der Waals surface area contributed by atoms with Crippen molar-refractivity contribution >= 4 is 27.9 Å². The third-order valence-electron chi connectivity index (χ3n) is 4.17. The molecule has 0 aliphatic heterocycles. The number of anilines is 1. The van der Waals surface area contributed by atoms with Crippen molar-refractivity contribution in [3.05, 3.63) is 77.2 Å². The van der Waals surface area contributed by atoms with Crippen molar-refractivity contribution in [2.24, 2.45) is 0 Å². The van der Waals surface area contributed by atoms with Crippen LogP contribution in [0.1, 0.15) is 11.3 Å². The first kappa shape index (κ1) is 16.5. The number of nitrogens with one attached hydrogen (secondary N) is 1. The highest BCUT2D eigenvalue weighted by molar-refractivity contribution is 7.15. The van der Waals surface area contributed by atoms with E-state index in [1.807, 2.05) is 53.2 Å². The van der Waals surface area contributed by atoms with Crippen LogP contribution in [0.4, 0.5) is 10.1 Å². The lowest BCUT2D eigenvalue weighted by atomic mass is 10.2. The average molecular weight is 365 g/mol. The average Bonchev–Trinajstić information content (AvgIpc) is 3.21. The highest BCUT2D eigenvalue weighted by Gasteiger charge is 2.13. The molecule has 4 rings (SSSR count). The summed E-state index contributed by atoms with van der Waals surface area (Å²) in [4.78, 5) is 17.9. The zero-order valence-corrected chi connectivity index (χ0v) is 14.9. The summed E-state index contributed by atoms with van der Waals surface area (Å²) in [5, 5.41) is 4.71. The molecule has 0 bridgehead atoms. The summed E-state index contributed by atoms with van der Waals surface area (Å²) >= 11 is 1.50. The Morgan fingerprint density at radius 2 is 2.04 bits per heavy atom. The normalized spacial score (nSPS) is 11.0. The SMILES string of the molecule is Cc1ccc(F)cc1NC(=O)Cc1csc2nc(-c3ccccc3)cn12. The van der Waals surface area contributed by atoms with E-state index in [0.29, 0.717) is 5.69 Å². The summed E-state index contributed by atoms with van der Waals surface area (Å²) in [6, 6.07) is 14.3. The van der Waals surface area contributed by atoms with E-state index in [2.05, 4.69) is 10.3 Å². The lowest BCUT2D eigenvalue weighted by molar-refractivity contribution is -0.115. The number of carbonyl (C=O) groups is 1. The highest BCUT2D eigenvalue weighted by atomic mass is 32.1. The fourth-order valence-electron chi connectivity index (χ4n) is 2.79. The van der Waals surface area contributed by atoms with E-state index in [1.54, 1.807) is 6.07 Å². The Balaban J connectivity index is 1.56. The molecule has 0 fully saturated rings. The zero-order chi connectivity index (χ0) is 18.1. The van der Waals surface area contributed by atoms with E-state index in [0.717, 1.165) is 27.5 Å². The second kappa shape index (κ2) is 6.72. The Morgan fingerprint density at radius 3 is 2.85 bits per heavy atom. The fourth-order valence-corrected chi connectivity index (χ4v) is 3.67. The van der Waals surface area contributed by atoms with Crippen molar-refractivity contribution in [1.29, 1.82) is 0 Å². The molecule has 0 aliphatic carbocycles. The molecular weight excluding hydrogens is 349 g/mol. The molecule has 0 saturated carbocycles. The first-order valence-corrected chi connectivity index (χ1v) is 9.05. The van der Waals surface area contributed by atoms with Crippen molar-refractivity contribution in [1.82, 2.24) is 9.38 Å². The van der Waals surface area contributed by atoms with E-state index >= 15 is 0 Å². The molecule has 1 N–H and O–H groups in total. The van der Waals surface area contributed by atoms with Gasteiger partial charge in [-0.05, 0) is 24.6 Å². The van der Waals surface area contributed by atoms with Crippen LogP contribution in [0.2, 0.25) is 0 Å². The zero-order valence-electron chi connectivity index (χ0n) is 14.1. The molecule has 26 heavy (non-hydrogen) atoms. The number of halogens is 1. The molecule has 1 amide bonds. The summed E-state index contributed by atoms with van der Waals surface area (Å²) in [7, 11) is 0. The second-order valence-corrected chi connectivity index (χ2v) is 6.89. The third-order valence-corrected chi connectivity index (χ3v) is 5.06. The van der Waals surface area contributed by atoms with E-state index in [9.17, 15) is 9.18 Å². The van der Waals surface area contributed by atoms with Gasteiger partial charge >= 0.3 is 0 Å². The number of fused-ring (bicyclic) bond motifs is 1. The topological polar surface area (TPSA) is 46.4 Å². The minimum Gasteiger partial charge on any atom is -0.325 e. The molecule has 2 aromatic heterocycles. The fraction of sp³-hybridized carbons (Fsp3) is 0.100.